The summed E-state index contributed by atoms with van der Waals surface area (Å²) in [7, 11) is 0. The molecule has 0 spiro atoms. The summed E-state index contributed by atoms with van der Waals surface area (Å²) in [6.45, 7) is 0.555. The van der Waals surface area contributed by atoms with Crippen molar-refractivity contribution >= 4 is 10.9 Å². The monoisotopic (exact) mass is 342 g/mol. The fourth-order valence-corrected chi connectivity index (χ4v) is 2.71. The lowest BCUT2D eigenvalue weighted by Crippen LogP contribution is -2.03. The molecule has 3 aromatic carbocycles. The fraction of sp³-hybridized carbons (Fsp3) is 0.0909. The van der Waals surface area contributed by atoms with Gasteiger partial charge in [0.05, 0.1) is 17.5 Å². The molecule has 0 bridgehead atoms. The Morgan fingerprint density at radius 2 is 1.42 bits per heavy atom. The van der Waals surface area contributed by atoms with E-state index in [1.54, 1.807) is 0 Å². The summed E-state index contributed by atoms with van der Waals surface area (Å²) in [5.74, 6) is 2.28. The van der Waals surface area contributed by atoms with Crippen LogP contribution in [0.3, 0.4) is 0 Å². The second kappa shape index (κ2) is 7.66. The second-order valence-electron chi connectivity index (χ2n) is 5.85. The molecule has 0 saturated heterocycles. The first-order valence-corrected chi connectivity index (χ1v) is 8.53. The van der Waals surface area contributed by atoms with Gasteiger partial charge in [-0.05, 0) is 42.0 Å². The predicted molar refractivity (Wildman–Crippen MR) is 102 cm³/mol. The molecule has 4 nitrogen and oxygen atoms in total. The van der Waals surface area contributed by atoms with Crippen LogP contribution in [-0.4, -0.2) is 16.6 Å². The Morgan fingerprint density at radius 1 is 0.692 bits per heavy atom. The zero-order valence-corrected chi connectivity index (χ0v) is 14.2. The van der Waals surface area contributed by atoms with E-state index in [0.717, 1.165) is 28.8 Å². The molecular weight excluding hydrogens is 324 g/mol. The molecule has 0 amide bonds. The van der Waals surface area contributed by atoms with Gasteiger partial charge in [0.15, 0.2) is 0 Å². The van der Waals surface area contributed by atoms with E-state index in [2.05, 4.69) is 22.1 Å². The van der Waals surface area contributed by atoms with Gasteiger partial charge in [0, 0.05) is 6.42 Å². The van der Waals surface area contributed by atoms with Crippen molar-refractivity contribution in [1.82, 2.24) is 9.97 Å². The van der Waals surface area contributed by atoms with Crippen molar-refractivity contribution in [2.75, 3.05) is 6.61 Å². The van der Waals surface area contributed by atoms with Crippen molar-refractivity contribution in [2.24, 2.45) is 0 Å². The zero-order valence-electron chi connectivity index (χ0n) is 14.2. The third-order valence-corrected chi connectivity index (χ3v) is 4.04. The van der Waals surface area contributed by atoms with E-state index < -0.39 is 0 Å². The third kappa shape index (κ3) is 3.81. The van der Waals surface area contributed by atoms with Gasteiger partial charge in [-0.1, -0.05) is 42.5 Å². The number of ether oxygens (including phenoxy) is 2. The number of benzene rings is 3. The summed E-state index contributed by atoms with van der Waals surface area (Å²) < 4.78 is 11.7. The van der Waals surface area contributed by atoms with Gasteiger partial charge in [-0.2, -0.15) is 0 Å². The first-order chi connectivity index (χ1) is 12.9. The maximum absolute atomic E-state index is 5.87. The third-order valence-electron chi connectivity index (χ3n) is 4.04. The van der Waals surface area contributed by atoms with Crippen LogP contribution in [0.4, 0.5) is 0 Å². The normalized spacial score (nSPS) is 10.6. The second-order valence-corrected chi connectivity index (χ2v) is 5.85. The summed E-state index contributed by atoms with van der Waals surface area (Å²) >= 11 is 0. The standard InChI is InChI=1S/C22H18N2O2/c1-2-6-18(7-3-1)26-19-12-10-17(11-13-19)14-15-25-22-20-8-4-5-9-21(20)23-16-24-22/h1-13,16H,14-15H2. The van der Waals surface area contributed by atoms with Gasteiger partial charge in [0.2, 0.25) is 5.88 Å². The molecule has 4 heteroatoms. The van der Waals surface area contributed by atoms with Crippen molar-refractivity contribution in [3.63, 3.8) is 0 Å². The lowest BCUT2D eigenvalue weighted by atomic mass is 10.1. The molecule has 4 aromatic rings. The summed E-state index contributed by atoms with van der Waals surface area (Å²) in [6, 6.07) is 25.7. The topological polar surface area (TPSA) is 44.2 Å². The summed E-state index contributed by atoms with van der Waals surface area (Å²) in [5.41, 5.74) is 2.07. The Kier molecular flexibility index (Phi) is 4.74. The first kappa shape index (κ1) is 16.1. The number of rotatable bonds is 6. The van der Waals surface area contributed by atoms with Crippen LogP contribution in [0, 0.1) is 0 Å². The van der Waals surface area contributed by atoms with Gasteiger partial charge in [-0.3, -0.25) is 0 Å². The molecular formula is C22H18N2O2. The molecule has 0 unspecified atom stereocenters. The molecule has 0 fully saturated rings. The van der Waals surface area contributed by atoms with E-state index in [-0.39, 0.29) is 0 Å². The molecule has 1 aromatic heterocycles. The minimum atomic E-state index is 0.555. The SMILES string of the molecule is c1ccc(Oc2ccc(CCOc3ncnc4ccccc34)cc2)cc1. The maximum Gasteiger partial charge on any atom is 0.224 e. The van der Waals surface area contributed by atoms with Gasteiger partial charge in [-0.15, -0.1) is 0 Å². The molecule has 4 rings (SSSR count). The number of aromatic nitrogens is 2. The van der Waals surface area contributed by atoms with Crippen LogP contribution in [0.1, 0.15) is 5.56 Å². The Bertz CT molecular complexity index is 980. The summed E-state index contributed by atoms with van der Waals surface area (Å²) in [4.78, 5) is 8.49. The quantitative estimate of drug-likeness (QED) is 0.492. The smallest absolute Gasteiger partial charge is 0.224 e. The highest BCUT2D eigenvalue weighted by Crippen LogP contribution is 2.22. The number of nitrogens with zero attached hydrogens (tertiary/aromatic N) is 2. The highest BCUT2D eigenvalue weighted by molar-refractivity contribution is 5.82. The van der Waals surface area contributed by atoms with Crippen LogP contribution >= 0.6 is 0 Å². The average Bonchev–Trinajstić information content (AvgIpc) is 2.70. The molecule has 0 N–H and O–H groups in total. The lowest BCUT2D eigenvalue weighted by molar-refractivity contribution is 0.313. The van der Waals surface area contributed by atoms with E-state index in [4.69, 9.17) is 9.47 Å². The number of hydrogen-bond donors (Lipinski definition) is 0. The van der Waals surface area contributed by atoms with E-state index >= 15 is 0 Å². The number of hydrogen-bond acceptors (Lipinski definition) is 4. The largest absolute Gasteiger partial charge is 0.477 e. The highest BCUT2D eigenvalue weighted by Gasteiger charge is 2.04. The summed E-state index contributed by atoms with van der Waals surface area (Å²) in [6.07, 6.45) is 2.33. The number of fused-ring (bicyclic) bond motifs is 1. The fourth-order valence-electron chi connectivity index (χ4n) is 2.71. The van der Waals surface area contributed by atoms with Gasteiger partial charge in [0.25, 0.3) is 0 Å². The minimum Gasteiger partial charge on any atom is -0.477 e. The van der Waals surface area contributed by atoms with Gasteiger partial charge in [-0.25, -0.2) is 9.97 Å². The molecule has 0 atom stereocenters. The van der Waals surface area contributed by atoms with Crippen LogP contribution < -0.4 is 9.47 Å². The molecule has 0 aliphatic carbocycles. The van der Waals surface area contributed by atoms with Crippen molar-refractivity contribution < 1.29 is 9.47 Å². The Morgan fingerprint density at radius 3 is 2.27 bits per heavy atom. The van der Waals surface area contributed by atoms with Gasteiger partial charge >= 0.3 is 0 Å². The predicted octanol–water partition coefficient (Wildman–Crippen LogP) is 5.04. The van der Waals surface area contributed by atoms with E-state index in [9.17, 15) is 0 Å². The van der Waals surface area contributed by atoms with E-state index in [0.29, 0.717) is 12.5 Å². The maximum atomic E-state index is 5.87. The minimum absolute atomic E-state index is 0.555. The molecule has 128 valence electrons. The molecule has 0 saturated carbocycles. The average molecular weight is 342 g/mol. The van der Waals surface area contributed by atoms with Gasteiger partial charge < -0.3 is 9.47 Å². The first-order valence-electron chi connectivity index (χ1n) is 8.53. The molecule has 0 radical (unpaired) electrons. The van der Waals surface area contributed by atoms with Crippen molar-refractivity contribution in [1.29, 1.82) is 0 Å². The molecule has 26 heavy (non-hydrogen) atoms. The Balaban J connectivity index is 1.36. The van der Waals surface area contributed by atoms with Crippen molar-refractivity contribution in [2.45, 2.75) is 6.42 Å². The zero-order chi connectivity index (χ0) is 17.6. The highest BCUT2D eigenvalue weighted by atomic mass is 16.5. The van der Waals surface area contributed by atoms with E-state index in [1.807, 2.05) is 66.7 Å². The lowest BCUT2D eigenvalue weighted by Gasteiger charge is -2.09. The number of para-hydroxylation sites is 2. The Labute approximate surface area is 152 Å². The van der Waals surface area contributed by atoms with Gasteiger partial charge in [0.1, 0.15) is 17.8 Å². The summed E-state index contributed by atoms with van der Waals surface area (Å²) in [5, 5.41) is 0.932. The van der Waals surface area contributed by atoms with Crippen LogP contribution in [0.25, 0.3) is 10.9 Å². The van der Waals surface area contributed by atoms with Crippen LogP contribution in [0.2, 0.25) is 0 Å². The van der Waals surface area contributed by atoms with Crippen LogP contribution in [-0.2, 0) is 6.42 Å². The molecule has 0 aliphatic heterocycles. The molecule has 0 aliphatic rings. The van der Waals surface area contributed by atoms with Crippen molar-refractivity contribution in [3.05, 3.63) is 90.8 Å². The Hall–Kier alpha value is -3.40. The van der Waals surface area contributed by atoms with Crippen LogP contribution in [0.15, 0.2) is 85.2 Å². The molecule has 1 heterocycles. The van der Waals surface area contributed by atoms with Crippen LogP contribution in [0.5, 0.6) is 17.4 Å². The van der Waals surface area contributed by atoms with E-state index in [1.165, 1.54) is 11.9 Å². The van der Waals surface area contributed by atoms with Crippen molar-refractivity contribution in [3.8, 4) is 17.4 Å².